The number of aliphatic hydroxyl groups is 1. The highest BCUT2D eigenvalue weighted by Gasteiger charge is 2.29. The maximum atomic E-state index is 10.0. The van der Waals surface area contributed by atoms with Crippen molar-refractivity contribution in [2.24, 2.45) is 5.73 Å². The number of hydrogen-bond acceptors (Lipinski definition) is 3. The number of fused-ring (bicyclic) bond motifs is 1. The third-order valence-electron chi connectivity index (χ3n) is 3.69. The lowest BCUT2D eigenvalue weighted by atomic mass is 9.94. The van der Waals surface area contributed by atoms with E-state index in [4.69, 9.17) is 33.7 Å². The smallest absolute Gasteiger partial charge is 0.137 e. The van der Waals surface area contributed by atoms with Crippen LogP contribution in [0.15, 0.2) is 36.4 Å². The summed E-state index contributed by atoms with van der Waals surface area (Å²) >= 11 is 12.6. The van der Waals surface area contributed by atoms with E-state index >= 15 is 0 Å². The number of nitrogens with two attached hydrogens (primary N) is 1. The van der Waals surface area contributed by atoms with Gasteiger partial charge in [-0.05, 0) is 17.7 Å². The molecule has 3 nitrogen and oxygen atoms in total. The van der Waals surface area contributed by atoms with Gasteiger partial charge in [-0.1, -0.05) is 47.5 Å². The SMILES string of the molecule is NC[C@@H]1Oc2c(cccc2-c2c(Cl)cccc2Cl)CC1O. The van der Waals surface area contributed by atoms with Crippen molar-refractivity contribution in [1.29, 1.82) is 0 Å². The van der Waals surface area contributed by atoms with Crippen molar-refractivity contribution in [3.8, 4) is 16.9 Å². The molecule has 1 aliphatic heterocycles. The van der Waals surface area contributed by atoms with Crippen molar-refractivity contribution < 1.29 is 9.84 Å². The maximum absolute atomic E-state index is 10.0. The average Bonchev–Trinajstić information content (AvgIpc) is 2.46. The first-order valence-electron chi connectivity index (χ1n) is 6.73. The van der Waals surface area contributed by atoms with Gasteiger partial charge in [0.15, 0.2) is 0 Å². The summed E-state index contributed by atoms with van der Waals surface area (Å²) < 4.78 is 5.90. The number of halogens is 2. The number of ether oxygens (including phenoxy) is 1. The molecule has 0 amide bonds. The molecule has 0 fully saturated rings. The Hall–Kier alpha value is -1.26. The first-order valence-corrected chi connectivity index (χ1v) is 7.48. The summed E-state index contributed by atoms with van der Waals surface area (Å²) in [5, 5.41) is 11.2. The van der Waals surface area contributed by atoms with Crippen molar-refractivity contribution in [2.75, 3.05) is 6.54 Å². The molecule has 0 bridgehead atoms. The fourth-order valence-electron chi connectivity index (χ4n) is 2.63. The standard InChI is InChI=1S/C16H15Cl2NO2/c17-11-5-2-6-12(18)15(11)10-4-1-3-9-7-13(20)14(8-19)21-16(9)10/h1-6,13-14,20H,7-8,19H2/t13?,14-/m0/s1. The Morgan fingerprint density at radius 1 is 1.14 bits per heavy atom. The second-order valence-electron chi connectivity index (χ2n) is 5.05. The van der Waals surface area contributed by atoms with Crippen LogP contribution in [-0.2, 0) is 6.42 Å². The second-order valence-corrected chi connectivity index (χ2v) is 5.87. The summed E-state index contributed by atoms with van der Waals surface area (Å²) in [5.74, 6) is 0.702. The molecule has 110 valence electrons. The number of rotatable bonds is 2. The maximum Gasteiger partial charge on any atom is 0.137 e. The number of para-hydroxylation sites is 1. The highest BCUT2D eigenvalue weighted by molar-refractivity contribution is 6.39. The van der Waals surface area contributed by atoms with E-state index in [9.17, 15) is 5.11 Å². The Morgan fingerprint density at radius 3 is 2.48 bits per heavy atom. The van der Waals surface area contributed by atoms with Crippen molar-refractivity contribution >= 4 is 23.2 Å². The number of benzene rings is 2. The van der Waals surface area contributed by atoms with Crippen molar-refractivity contribution in [1.82, 2.24) is 0 Å². The summed E-state index contributed by atoms with van der Waals surface area (Å²) in [5.41, 5.74) is 8.16. The van der Waals surface area contributed by atoms with E-state index < -0.39 is 12.2 Å². The minimum Gasteiger partial charge on any atom is -0.485 e. The zero-order chi connectivity index (χ0) is 15.0. The summed E-state index contributed by atoms with van der Waals surface area (Å²) in [6.07, 6.45) is -0.507. The van der Waals surface area contributed by atoms with E-state index in [0.29, 0.717) is 22.2 Å². The predicted octanol–water partition coefficient (Wildman–Crippen LogP) is 3.28. The molecule has 0 saturated heterocycles. The lowest BCUT2D eigenvalue weighted by Gasteiger charge is -2.31. The van der Waals surface area contributed by atoms with Crippen LogP contribution >= 0.6 is 23.2 Å². The van der Waals surface area contributed by atoms with Crippen molar-refractivity contribution in [3.05, 3.63) is 52.0 Å². The molecule has 0 aromatic heterocycles. The Kier molecular flexibility index (Phi) is 4.09. The molecule has 0 aliphatic carbocycles. The van der Waals surface area contributed by atoms with Gasteiger partial charge in [0.25, 0.3) is 0 Å². The molecule has 5 heteroatoms. The third kappa shape index (κ3) is 2.62. The quantitative estimate of drug-likeness (QED) is 0.891. The zero-order valence-corrected chi connectivity index (χ0v) is 12.7. The van der Waals surface area contributed by atoms with Gasteiger partial charge in [0, 0.05) is 24.1 Å². The minimum absolute atomic E-state index is 0.255. The van der Waals surface area contributed by atoms with E-state index in [-0.39, 0.29) is 6.54 Å². The van der Waals surface area contributed by atoms with Gasteiger partial charge in [-0.25, -0.2) is 0 Å². The molecule has 2 aromatic rings. The van der Waals surface area contributed by atoms with Crippen molar-refractivity contribution in [2.45, 2.75) is 18.6 Å². The molecule has 2 aromatic carbocycles. The average molecular weight is 324 g/mol. The summed E-state index contributed by atoms with van der Waals surface area (Å²) in [6.45, 7) is 0.255. The fraction of sp³-hybridized carbons (Fsp3) is 0.250. The van der Waals surface area contributed by atoms with E-state index in [1.807, 2.05) is 18.2 Å². The lowest BCUT2D eigenvalue weighted by molar-refractivity contribution is 0.0277. The van der Waals surface area contributed by atoms with Crippen LogP contribution in [0, 0.1) is 0 Å². The molecule has 3 N–H and O–H groups in total. The Morgan fingerprint density at radius 2 is 1.81 bits per heavy atom. The first kappa shape index (κ1) is 14.7. The Labute approximate surface area is 133 Å². The van der Waals surface area contributed by atoms with Crippen LogP contribution in [0.25, 0.3) is 11.1 Å². The Balaban J connectivity index is 2.16. The van der Waals surface area contributed by atoms with Gasteiger partial charge < -0.3 is 15.6 Å². The monoisotopic (exact) mass is 323 g/mol. The van der Waals surface area contributed by atoms with Crippen LogP contribution in [-0.4, -0.2) is 23.9 Å². The van der Waals surface area contributed by atoms with Crippen LogP contribution in [0.5, 0.6) is 5.75 Å². The van der Waals surface area contributed by atoms with Crippen LogP contribution in [0.2, 0.25) is 10.0 Å². The van der Waals surface area contributed by atoms with Crippen molar-refractivity contribution in [3.63, 3.8) is 0 Å². The fourth-order valence-corrected chi connectivity index (χ4v) is 3.23. The van der Waals surface area contributed by atoms with E-state index in [2.05, 4.69) is 0 Å². The van der Waals surface area contributed by atoms with E-state index in [1.54, 1.807) is 18.2 Å². The molecule has 0 radical (unpaired) electrons. The van der Waals surface area contributed by atoms with Gasteiger partial charge in [0.2, 0.25) is 0 Å². The summed E-state index contributed by atoms with van der Waals surface area (Å²) in [6, 6.07) is 11.1. The molecule has 1 aliphatic rings. The van der Waals surface area contributed by atoms with Crippen LogP contribution in [0.1, 0.15) is 5.56 Å². The van der Waals surface area contributed by atoms with Gasteiger partial charge in [-0.2, -0.15) is 0 Å². The molecular formula is C16H15Cl2NO2. The second kappa shape index (κ2) is 5.85. The largest absolute Gasteiger partial charge is 0.485 e. The van der Waals surface area contributed by atoms with Gasteiger partial charge in [0.05, 0.1) is 16.1 Å². The first-order chi connectivity index (χ1) is 10.1. The Bertz CT molecular complexity index is 655. The molecule has 1 heterocycles. The number of hydrogen-bond donors (Lipinski definition) is 2. The molecule has 1 unspecified atom stereocenters. The third-order valence-corrected chi connectivity index (χ3v) is 4.32. The number of aliphatic hydroxyl groups excluding tert-OH is 1. The molecule has 2 atom stereocenters. The molecule has 0 spiro atoms. The van der Waals surface area contributed by atoms with E-state index in [1.165, 1.54) is 0 Å². The summed E-state index contributed by atoms with van der Waals surface area (Å²) in [4.78, 5) is 0. The highest BCUT2D eigenvalue weighted by atomic mass is 35.5. The molecule has 3 rings (SSSR count). The van der Waals surface area contributed by atoms with Crippen LogP contribution in [0.4, 0.5) is 0 Å². The van der Waals surface area contributed by atoms with Crippen LogP contribution in [0.3, 0.4) is 0 Å². The van der Waals surface area contributed by atoms with E-state index in [0.717, 1.165) is 16.7 Å². The summed E-state index contributed by atoms with van der Waals surface area (Å²) in [7, 11) is 0. The molecule has 0 saturated carbocycles. The normalized spacial score (nSPS) is 20.8. The lowest BCUT2D eigenvalue weighted by Crippen LogP contribution is -2.42. The molecule has 21 heavy (non-hydrogen) atoms. The topological polar surface area (TPSA) is 55.5 Å². The highest BCUT2D eigenvalue weighted by Crippen LogP contribution is 2.43. The van der Waals surface area contributed by atoms with Gasteiger partial charge >= 0.3 is 0 Å². The minimum atomic E-state index is -0.598. The van der Waals surface area contributed by atoms with Gasteiger partial charge in [-0.3, -0.25) is 0 Å². The predicted molar refractivity (Wildman–Crippen MR) is 85.1 cm³/mol. The van der Waals surface area contributed by atoms with Gasteiger partial charge in [0.1, 0.15) is 11.9 Å². The van der Waals surface area contributed by atoms with Gasteiger partial charge in [-0.15, -0.1) is 0 Å². The zero-order valence-electron chi connectivity index (χ0n) is 11.2. The van der Waals surface area contributed by atoms with Crippen LogP contribution < -0.4 is 10.5 Å². The molecular weight excluding hydrogens is 309 g/mol.